The lowest BCUT2D eigenvalue weighted by Crippen LogP contribution is -2.76. The molecule has 2 aliphatic carbocycles. The Labute approximate surface area is 146 Å². The van der Waals surface area contributed by atoms with Gasteiger partial charge >= 0.3 is 0 Å². The molecule has 1 saturated heterocycles. The molecule has 2 bridgehead atoms. The van der Waals surface area contributed by atoms with Crippen molar-refractivity contribution in [3.05, 3.63) is 23.3 Å². The molecule has 1 aromatic rings. The molecule has 0 aromatic heterocycles. The van der Waals surface area contributed by atoms with Crippen LogP contribution in [-0.2, 0) is 16.6 Å². The number of aliphatic hydroxyl groups is 1. The topological polar surface area (TPSA) is 59.0 Å². The number of carbonyl (C=O) groups excluding carboxylic acids is 1. The summed E-state index contributed by atoms with van der Waals surface area (Å²) in [7, 11) is 1.40. The predicted molar refractivity (Wildman–Crippen MR) is 83.0 cm³/mol. The largest absolute Gasteiger partial charge is 0.493 e. The average Bonchev–Trinajstić information content (AvgIpc) is 3.01. The monoisotopic (exact) mass is 323 g/mol. The van der Waals surface area contributed by atoms with Crippen LogP contribution in [0.3, 0.4) is 0 Å². The number of Topliss-reactive ketones (excluding diaryl/α,β-unsaturated/α-hetero) is 1. The molecule has 0 radical (unpaired) electrons. The number of methoxy groups -OCH3 is 1. The fourth-order valence-corrected chi connectivity index (χ4v) is 4.76. The minimum absolute atomic E-state index is 0.0243. The van der Waals surface area contributed by atoms with Gasteiger partial charge in [-0.2, -0.15) is 0 Å². The number of ether oxygens (including phenoxy) is 2. The fourth-order valence-electron chi connectivity index (χ4n) is 4.76. The summed E-state index contributed by atoms with van der Waals surface area (Å²) in [6.07, 6.45) is -6.87. The first-order valence-electron chi connectivity index (χ1n) is 11.5. The minimum atomic E-state index is -2.72. The van der Waals surface area contributed by atoms with Gasteiger partial charge in [0.1, 0.15) is 0 Å². The third-order valence-corrected chi connectivity index (χ3v) is 5.78. The van der Waals surface area contributed by atoms with Crippen LogP contribution in [0.25, 0.3) is 0 Å². The van der Waals surface area contributed by atoms with Gasteiger partial charge in [-0.05, 0) is 44.4 Å². The summed E-state index contributed by atoms with van der Waals surface area (Å²) in [6.45, 7) is -2.82. The van der Waals surface area contributed by atoms with Crippen molar-refractivity contribution in [3.63, 3.8) is 0 Å². The van der Waals surface area contributed by atoms with Crippen LogP contribution in [0.5, 0.6) is 11.5 Å². The highest BCUT2D eigenvalue weighted by Gasteiger charge is 2.72. The molecule has 4 atom stereocenters. The fraction of sp³-hybridized carbons (Fsp3) is 0.611. The number of ketones is 1. The van der Waals surface area contributed by atoms with Crippen molar-refractivity contribution < 1.29 is 29.0 Å². The molecule has 23 heavy (non-hydrogen) atoms. The van der Waals surface area contributed by atoms with Crippen LogP contribution < -0.4 is 9.47 Å². The molecule has 1 N–H and O–H groups in total. The molecule has 0 amide bonds. The van der Waals surface area contributed by atoms with E-state index in [-0.39, 0.29) is 30.0 Å². The maximum Gasteiger partial charge on any atom is 0.211 e. The molecular weight excluding hydrogens is 294 g/mol. The standard InChI is InChI=1S/C18H21NO4/c1-19-8-7-17-14-10-3-4-12(22-2)15(14)23-16(17)11(20)5-6-18(17,21)13(19)9-10/h3-4,13,16,21H,5-9H2,1-2H3/t13-,16?,17+,18-/m1/s1/i1D3,5D2,9D2,21D. The number of hydrogen-bond donors (Lipinski definition) is 1. The second-order valence-electron chi connectivity index (χ2n) is 6.59. The van der Waals surface area contributed by atoms with E-state index in [1.807, 2.05) is 0 Å². The Morgan fingerprint density at radius 3 is 3.26 bits per heavy atom. The van der Waals surface area contributed by atoms with E-state index in [0.717, 1.165) is 4.90 Å². The number of piperidine rings is 1. The maximum absolute atomic E-state index is 13.2. The van der Waals surface area contributed by atoms with Crippen LogP contribution in [0.2, 0.25) is 0 Å². The molecule has 5 rings (SSSR count). The van der Waals surface area contributed by atoms with Gasteiger partial charge in [0.25, 0.3) is 0 Å². The zero-order valence-electron chi connectivity index (χ0n) is 20.5. The number of carbonyl (C=O) groups is 1. The van der Waals surface area contributed by atoms with E-state index >= 15 is 0 Å². The van der Waals surface area contributed by atoms with Crippen molar-refractivity contribution in [3.8, 4) is 11.5 Å². The van der Waals surface area contributed by atoms with Gasteiger partial charge < -0.3 is 19.5 Å². The van der Waals surface area contributed by atoms with E-state index in [0.29, 0.717) is 5.56 Å². The van der Waals surface area contributed by atoms with Crippen LogP contribution in [0.1, 0.15) is 39.9 Å². The van der Waals surface area contributed by atoms with Crippen molar-refractivity contribution in [2.45, 2.75) is 48.7 Å². The zero-order chi connectivity index (χ0) is 22.8. The summed E-state index contributed by atoms with van der Waals surface area (Å²) in [4.78, 5) is 14.2. The van der Waals surface area contributed by atoms with Crippen LogP contribution in [-0.4, -0.2) is 55.6 Å². The molecular formula is C18H21NO4. The molecule has 5 nitrogen and oxygen atoms in total. The van der Waals surface area contributed by atoms with E-state index in [4.69, 9.17) is 25.6 Å². The lowest BCUT2D eigenvalue weighted by Gasteiger charge is -2.62. The van der Waals surface area contributed by atoms with Gasteiger partial charge in [-0.15, -0.1) is 0 Å². The average molecular weight is 323 g/mol. The Hall–Kier alpha value is -1.59. The molecule has 1 unspecified atom stereocenters. The molecule has 5 heteroatoms. The zero-order valence-corrected chi connectivity index (χ0v) is 12.5. The second kappa shape index (κ2) is 4.08. The summed E-state index contributed by atoms with van der Waals surface area (Å²) in [5, 5.41) is 5.22. The van der Waals surface area contributed by atoms with Gasteiger partial charge in [0.05, 0.1) is 18.1 Å². The van der Waals surface area contributed by atoms with Crippen LogP contribution >= 0.6 is 0 Å². The highest BCUT2D eigenvalue weighted by molar-refractivity contribution is 5.90. The highest BCUT2D eigenvalue weighted by atomic mass is 16.5. The number of benzene rings is 1. The quantitative estimate of drug-likeness (QED) is 0.881. The van der Waals surface area contributed by atoms with Gasteiger partial charge in [-0.3, -0.25) is 4.79 Å². The Bertz CT molecular complexity index is 998. The van der Waals surface area contributed by atoms with E-state index in [1.54, 1.807) is 0 Å². The first-order valence-corrected chi connectivity index (χ1v) is 7.63. The summed E-state index contributed by atoms with van der Waals surface area (Å²) in [6, 6.07) is 1.44. The summed E-state index contributed by atoms with van der Waals surface area (Å²) < 4.78 is 78.1. The highest BCUT2D eigenvalue weighted by Crippen LogP contribution is 2.64. The number of nitrogens with zero attached hydrogens (tertiary/aromatic N) is 1. The van der Waals surface area contributed by atoms with Crippen LogP contribution in [0.15, 0.2) is 12.1 Å². The number of hydrogen-bond acceptors (Lipinski definition) is 5. The Kier molecular flexibility index (Phi) is 1.42. The van der Waals surface area contributed by atoms with Gasteiger partial charge in [0, 0.05) is 27.6 Å². The molecule has 1 spiro atoms. The first-order chi connectivity index (χ1) is 14.3. The Morgan fingerprint density at radius 1 is 1.57 bits per heavy atom. The van der Waals surface area contributed by atoms with E-state index in [9.17, 15) is 4.79 Å². The maximum atomic E-state index is 13.2. The molecule has 122 valence electrons. The van der Waals surface area contributed by atoms with Gasteiger partial charge in [-0.1, -0.05) is 6.07 Å². The van der Waals surface area contributed by atoms with E-state index in [1.165, 1.54) is 19.2 Å². The van der Waals surface area contributed by atoms with Crippen molar-refractivity contribution in [1.82, 2.24) is 4.90 Å². The Morgan fingerprint density at radius 2 is 2.48 bits per heavy atom. The van der Waals surface area contributed by atoms with Crippen molar-refractivity contribution >= 4 is 5.78 Å². The number of likely N-dealkylation sites (N-methyl/N-ethyl adjacent to an activating group) is 1. The molecule has 1 saturated carbocycles. The molecule has 2 aliphatic heterocycles. The smallest absolute Gasteiger partial charge is 0.211 e. The van der Waals surface area contributed by atoms with Crippen LogP contribution in [0, 0.1) is 0 Å². The van der Waals surface area contributed by atoms with Crippen molar-refractivity contribution in [2.75, 3.05) is 20.6 Å². The SMILES string of the molecule is [2H]O[C@@]12CC([2H])([2H])C(=O)C3Oc4c(OC)ccc5c4[C@@]31CCN(C([2H])([2H])[2H])[C@@H]2C5([2H])[2H]. The predicted octanol–water partition coefficient (Wildman–Crippen LogP) is 1.05. The number of likely N-dealkylation sites (tertiary alicyclic amines) is 1. The van der Waals surface area contributed by atoms with Gasteiger partial charge in [-0.25, -0.2) is 0 Å². The molecule has 2 fully saturated rings. The second-order valence-corrected chi connectivity index (χ2v) is 6.59. The minimum Gasteiger partial charge on any atom is -0.493 e. The van der Waals surface area contributed by atoms with Crippen molar-refractivity contribution in [2.24, 2.45) is 0 Å². The van der Waals surface area contributed by atoms with Crippen molar-refractivity contribution in [1.29, 1.82) is 1.43 Å². The van der Waals surface area contributed by atoms with Gasteiger partial charge in [0.15, 0.2) is 23.4 Å². The van der Waals surface area contributed by atoms with Crippen LogP contribution in [0.4, 0.5) is 0 Å². The third kappa shape index (κ3) is 1.32. The summed E-state index contributed by atoms with van der Waals surface area (Å²) >= 11 is 0. The molecule has 1 aromatic carbocycles. The molecule has 2 heterocycles. The summed E-state index contributed by atoms with van der Waals surface area (Å²) in [5.74, 6) is -0.447. The number of rotatable bonds is 2. The lowest BCUT2D eigenvalue weighted by molar-refractivity contribution is -0.185. The van der Waals surface area contributed by atoms with Gasteiger partial charge in [0.2, 0.25) is 1.43 Å². The third-order valence-electron chi connectivity index (χ3n) is 5.78. The van der Waals surface area contributed by atoms with E-state index < -0.39 is 55.1 Å². The van der Waals surface area contributed by atoms with E-state index in [2.05, 4.69) is 0 Å². The first kappa shape index (κ1) is 7.99. The normalized spacial score (nSPS) is 50.6. The summed E-state index contributed by atoms with van der Waals surface area (Å²) in [5.41, 5.74) is -2.92. The molecule has 4 aliphatic rings. The Balaban J connectivity index is 1.93. The lowest BCUT2D eigenvalue weighted by atomic mass is 9.49.